The molecule has 1 heterocycles. The van der Waals surface area contributed by atoms with Crippen LogP contribution in [0.2, 0.25) is 0 Å². The Hall–Kier alpha value is -2.59. The quantitative estimate of drug-likeness (QED) is 0.855. The number of nitrogens with zero attached hydrogens (tertiary/aromatic N) is 2. The lowest BCUT2D eigenvalue weighted by atomic mass is 9.92. The summed E-state index contributed by atoms with van der Waals surface area (Å²) in [6.07, 6.45) is 0.0395. The van der Waals surface area contributed by atoms with Crippen molar-refractivity contribution in [3.63, 3.8) is 0 Å². The van der Waals surface area contributed by atoms with E-state index in [1.54, 1.807) is 39.0 Å². The van der Waals surface area contributed by atoms with E-state index in [1.807, 2.05) is 6.07 Å². The van der Waals surface area contributed by atoms with Crippen molar-refractivity contribution >= 4 is 12.1 Å². The molecule has 1 aliphatic heterocycles. The standard InChI is InChI=1S/C19H25N3O4/c1-19(2,3)26-18(25)22-8-7-16(15(12-22)17(23)24)21-11-14-6-4-5-13(9-14)10-20/h4-6,9,15-16,21H,7-8,11-12H2,1-3H3,(H,23,24)/t15-,16+/m0/s1. The lowest BCUT2D eigenvalue weighted by Gasteiger charge is -2.37. The van der Waals surface area contributed by atoms with Crippen molar-refractivity contribution in [1.29, 1.82) is 5.26 Å². The molecule has 1 amide bonds. The van der Waals surface area contributed by atoms with Crippen molar-refractivity contribution in [2.75, 3.05) is 13.1 Å². The van der Waals surface area contributed by atoms with Crippen LogP contribution in [0, 0.1) is 17.2 Å². The number of ether oxygens (including phenoxy) is 1. The largest absolute Gasteiger partial charge is 0.481 e. The predicted molar refractivity (Wildman–Crippen MR) is 95.3 cm³/mol. The summed E-state index contributed by atoms with van der Waals surface area (Å²) in [6, 6.07) is 9.03. The van der Waals surface area contributed by atoms with Gasteiger partial charge in [-0.05, 0) is 44.9 Å². The number of nitriles is 1. The van der Waals surface area contributed by atoms with E-state index in [0.29, 0.717) is 25.1 Å². The number of carbonyl (C=O) groups excluding carboxylic acids is 1. The summed E-state index contributed by atoms with van der Waals surface area (Å²) in [7, 11) is 0. The van der Waals surface area contributed by atoms with Gasteiger partial charge < -0.3 is 20.1 Å². The number of piperidine rings is 1. The van der Waals surface area contributed by atoms with Crippen LogP contribution in [0.25, 0.3) is 0 Å². The van der Waals surface area contributed by atoms with Gasteiger partial charge in [-0.2, -0.15) is 5.26 Å². The Balaban J connectivity index is 1.99. The second-order valence-corrected chi connectivity index (χ2v) is 7.46. The summed E-state index contributed by atoms with van der Waals surface area (Å²) in [5.74, 6) is -1.66. The third kappa shape index (κ3) is 5.46. The molecular formula is C19H25N3O4. The molecule has 140 valence electrons. The molecule has 26 heavy (non-hydrogen) atoms. The van der Waals surface area contributed by atoms with Crippen LogP contribution in [-0.2, 0) is 16.1 Å². The number of carboxylic acids is 1. The summed E-state index contributed by atoms with van der Waals surface area (Å²) in [6.45, 7) is 6.36. The first-order chi connectivity index (χ1) is 12.2. The van der Waals surface area contributed by atoms with Gasteiger partial charge in [0.1, 0.15) is 5.60 Å². The Morgan fingerprint density at radius 1 is 1.42 bits per heavy atom. The predicted octanol–water partition coefficient (Wildman–Crippen LogP) is 2.36. The molecule has 1 fully saturated rings. The molecule has 2 rings (SSSR count). The number of benzene rings is 1. The first-order valence-electron chi connectivity index (χ1n) is 8.63. The van der Waals surface area contributed by atoms with Gasteiger partial charge in [-0.1, -0.05) is 12.1 Å². The van der Waals surface area contributed by atoms with Crippen molar-refractivity contribution in [3.05, 3.63) is 35.4 Å². The summed E-state index contributed by atoms with van der Waals surface area (Å²) in [5, 5.41) is 21.8. The first-order valence-corrected chi connectivity index (χ1v) is 8.63. The molecule has 7 nitrogen and oxygen atoms in total. The third-order valence-corrected chi connectivity index (χ3v) is 4.21. The van der Waals surface area contributed by atoms with Crippen molar-refractivity contribution in [2.45, 2.75) is 45.4 Å². The SMILES string of the molecule is CC(C)(C)OC(=O)N1CC[C@@H](NCc2cccc(C#N)c2)[C@@H](C(=O)O)C1. The molecule has 7 heteroatoms. The van der Waals surface area contributed by atoms with Crippen LogP contribution in [0.4, 0.5) is 4.79 Å². The lowest BCUT2D eigenvalue weighted by molar-refractivity contribution is -0.144. The second kappa shape index (κ2) is 8.19. The molecular weight excluding hydrogens is 334 g/mol. The molecule has 0 radical (unpaired) electrons. The van der Waals surface area contributed by atoms with Gasteiger partial charge in [-0.25, -0.2) is 4.79 Å². The van der Waals surface area contributed by atoms with Crippen LogP contribution >= 0.6 is 0 Å². The average Bonchev–Trinajstić information content (AvgIpc) is 2.58. The maximum Gasteiger partial charge on any atom is 0.410 e. The number of hydrogen-bond acceptors (Lipinski definition) is 5. The van der Waals surface area contributed by atoms with E-state index in [4.69, 9.17) is 10.00 Å². The molecule has 2 atom stereocenters. The zero-order valence-corrected chi connectivity index (χ0v) is 15.4. The van der Waals surface area contributed by atoms with Gasteiger partial charge in [0.2, 0.25) is 0 Å². The summed E-state index contributed by atoms with van der Waals surface area (Å²) >= 11 is 0. The van der Waals surface area contributed by atoms with Crippen molar-refractivity contribution in [1.82, 2.24) is 10.2 Å². The molecule has 0 aliphatic carbocycles. The van der Waals surface area contributed by atoms with Crippen LogP contribution in [0.15, 0.2) is 24.3 Å². The summed E-state index contributed by atoms with van der Waals surface area (Å²) in [4.78, 5) is 25.3. The van der Waals surface area contributed by atoms with Crippen molar-refractivity contribution in [3.8, 4) is 6.07 Å². The maximum absolute atomic E-state index is 12.2. The Morgan fingerprint density at radius 2 is 2.15 bits per heavy atom. The van der Waals surface area contributed by atoms with Gasteiger partial charge in [0, 0.05) is 25.7 Å². The fourth-order valence-corrected chi connectivity index (χ4v) is 2.94. The lowest BCUT2D eigenvalue weighted by Crippen LogP contribution is -2.54. The van der Waals surface area contributed by atoms with E-state index in [0.717, 1.165) is 5.56 Å². The number of rotatable bonds is 4. The number of carboxylic acid groups (broad SMARTS) is 1. The molecule has 1 aliphatic rings. The molecule has 0 bridgehead atoms. The van der Waals surface area contributed by atoms with Crippen LogP contribution < -0.4 is 5.32 Å². The number of nitrogens with one attached hydrogen (secondary N) is 1. The molecule has 0 spiro atoms. The Morgan fingerprint density at radius 3 is 2.77 bits per heavy atom. The van der Waals surface area contributed by atoms with Gasteiger partial charge in [0.15, 0.2) is 0 Å². The van der Waals surface area contributed by atoms with Crippen LogP contribution in [-0.4, -0.2) is 46.8 Å². The fraction of sp³-hybridized carbons (Fsp3) is 0.526. The highest BCUT2D eigenvalue weighted by molar-refractivity contribution is 5.74. The average molecular weight is 359 g/mol. The highest BCUT2D eigenvalue weighted by Gasteiger charge is 2.37. The second-order valence-electron chi connectivity index (χ2n) is 7.46. The monoisotopic (exact) mass is 359 g/mol. The van der Waals surface area contributed by atoms with Crippen molar-refractivity contribution < 1.29 is 19.4 Å². The van der Waals surface area contributed by atoms with Crippen LogP contribution in [0.1, 0.15) is 38.3 Å². The Bertz CT molecular complexity index is 705. The fourth-order valence-electron chi connectivity index (χ4n) is 2.94. The number of amides is 1. The zero-order chi connectivity index (χ0) is 19.3. The van der Waals surface area contributed by atoms with Crippen LogP contribution in [0.5, 0.6) is 0 Å². The molecule has 0 saturated carbocycles. The van der Waals surface area contributed by atoms with E-state index in [1.165, 1.54) is 4.90 Å². The van der Waals surface area contributed by atoms with E-state index in [9.17, 15) is 14.7 Å². The molecule has 1 saturated heterocycles. The minimum Gasteiger partial charge on any atom is -0.481 e. The number of hydrogen-bond donors (Lipinski definition) is 2. The molecule has 0 aromatic heterocycles. The summed E-state index contributed by atoms with van der Waals surface area (Å²) in [5.41, 5.74) is 0.873. The maximum atomic E-state index is 12.2. The number of carbonyl (C=O) groups is 2. The smallest absolute Gasteiger partial charge is 0.410 e. The van der Waals surface area contributed by atoms with E-state index < -0.39 is 23.6 Å². The van der Waals surface area contributed by atoms with E-state index in [-0.39, 0.29) is 12.6 Å². The first kappa shape index (κ1) is 19.7. The molecule has 1 aromatic rings. The third-order valence-electron chi connectivity index (χ3n) is 4.21. The van der Waals surface area contributed by atoms with Crippen LogP contribution in [0.3, 0.4) is 0 Å². The molecule has 1 aromatic carbocycles. The normalized spacial score (nSPS) is 20.3. The van der Waals surface area contributed by atoms with Gasteiger partial charge in [-0.3, -0.25) is 4.79 Å². The number of likely N-dealkylation sites (tertiary alicyclic amines) is 1. The van der Waals surface area contributed by atoms with Gasteiger partial charge in [-0.15, -0.1) is 0 Å². The zero-order valence-electron chi connectivity index (χ0n) is 15.4. The van der Waals surface area contributed by atoms with E-state index in [2.05, 4.69) is 11.4 Å². The topological polar surface area (TPSA) is 103 Å². The highest BCUT2D eigenvalue weighted by atomic mass is 16.6. The minimum atomic E-state index is -0.943. The highest BCUT2D eigenvalue weighted by Crippen LogP contribution is 2.21. The van der Waals surface area contributed by atoms with Gasteiger partial charge in [0.05, 0.1) is 17.6 Å². The summed E-state index contributed by atoms with van der Waals surface area (Å²) < 4.78 is 5.34. The number of aliphatic carboxylic acids is 1. The van der Waals surface area contributed by atoms with Gasteiger partial charge in [0.25, 0.3) is 0 Å². The minimum absolute atomic E-state index is 0.111. The Kier molecular flexibility index (Phi) is 6.22. The Labute approximate surface area is 153 Å². The molecule has 2 N–H and O–H groups in total. The van der Waals surface area contributed by atoms with E-state index >= 15 is 0 Å². The van der Waals surface area contributed by atoms with Gasteiger partial charge >= 0.3 is 12.1 Å². The molecule has 0 unspecified atom stereocenters. The van der Waals surface area contributed by atoms with Crippen molar-refractivity contribution in [2.24, 2.45) is 5.92 Å².